The minimum Gasteiger partial charge on any atom is -0.494 e. The third kappa shape index (κ3) is 8.69. The van der Waals surface area contributed by atoms with E-state index >= 15 is 0 Å². The van der Waals surface area contributed by atoms with Crippen molar-refractivity contribution in [1.82, 2.24) is 0 Å². The molecule has 3 rings (SSSR count). The molecule has 0 atom stereocenters. The molecule has 3 N–H and O–H groups in total. The van der Waals surface area contributed by atoms with E-state index in [1.165, 1.54) is 5.56 Å². The van der Waals surface area contributed by atoms with Crippen LogP contribution in [0.3, 0.4) is 0 Å². The van der Waals surface area contributed by atoms with Gasteiger partial charge < -0.3 is 20.7 Å². The van der Waals surface area contributed by atoms with Crippen molar-refractivity contribution < 1.29 is 14.3 Å². The molecule has 3 aromatic rings. The van der Waals surface area contributed by atoms with Crippen LogP contribution in [0.5, 0.6) is 5.75 Å². The Balaban J connectivity index is 1.39. The third-order valence-corrected chi connectivity index (χ3v) is 4.94. The van der Waals surface area contributed by atoms with Crippen LogP contribution in [0.25, 0.3) is 0 Å². The Morgan fingerprint density at radius 3 is 2.18 bits per heavy atom. The highest BCUT2D eigenvalue weighted by atomic mass is 16.5. The van der Waals surface area contributed by atoms with Crippen LogP contribution in [-0.2, 0) is 16.0 Å². The average Bonchev–Trinajstić information content (AvgIpc) is 2.83. The maximum Gasteiger partial charge on any atom is 0.243 e. The van der Waals surface area contributed by atoms with Gasteiger partial charge in [0.15, 0.2) is 0 Å². The normalized spacial score (nSPS) is 10.3. The van der Waals surface area contributed by atoms with E-state index in [9.17, 15) is 9.59 Å². The first kappa shape index (κ1) is 23.9. The predicted molar refractivity (Wildman–Crippen MR) is 134 cm³/mol. The Hall–Kier alpha value is -3.80. The summed E-state index contributed by atoms with van der Waals surface area (Å²) in [7, 11) is 0. The highest BCUT2D eigenvalue weighted by molar-refractivity contribution is 5.94. The molecule has 6 heteroatoms. The Morgan fingerprint density at radius 1 is 0.788 bits per heavy atom. The van der Waals surface area contributed by atoms with E-state index in [2.05, 4.69) is 28.1 Å². The summed E-state index contributed by atoms with van der Waals surface area (Å²) in [6.07, 6.45) is 3.20. The van der Waals surface area contributed by atoms with Gasteiger partial charge >= 0.3 is 0 Å². The highest BCUT2D eigenvalue weighted by Gasteiger charge is 2.05. The molecule has 0 fully saturated rings. The van der Waals surface area contributed by atoms with E-state index in [-0.39, 0.29) is 18.4 Å². The lowest BCUT2D eigenvalue weighted by Gasteiger charge is -2.11. The largest absolute Gasteiger partial charge is 0.494 e. The molecule has 0 unspecified atom stereocenters. The first-order valence-electron chi connectivity index (χ1n) is 11.3. The van der Waals surface area contributed by atoms with Gasteiger partial charge in [0.1, 0.15) is 5.75 Å². The zero-order valence-electron chi connectivity index (χ0n) is 19.0. The molecule has 0 bridgehead atoms. The van der Waals surface area contributed by atoms with Gasteiger partial charge in [-0.15, -0.1) is 0 Å². The second-order valence-corrected chi connectivity index (χ2v) is 7.74. The highest BCUT2D eigenvalue weighted by Crippen LogP contribution is 2.18. The molecule has 0 saturated carbocycles. The van der Waals surface area contributed by atoms with Gasteiger partial charge in [0.05, 0.1) is 13.2 Å². The number of nitrogens with one attached hydrogen (secondary N) is 3. The standard InChI is InChI=1S/C27H31N3O3/c1-2-8-26(31)29-22-14-16-23(17-15-22)30-27(32)20-28-24-12-6-13-25(19-24)33-18-7-11-21-9-4-3-5-10-21/h3-6,9-10,12-17,19,28H,2,7-8,11,18,20H2,1H3,(H,29,31)(H,30,32). The molecule has 33 heavy (non-hydrogen) atoms. The monoisotopic (exact) mass is 445 g/mol. The molecule has 0 aromatic heterocycles. The van der Waals surface area contributed by atoms with Crippen molar-refractivity contribution in [3.8, 4) is 5.75 Å². The Labute approximate surface area is 195 Å². The number of hydrogen-bond acceptors (Lipinski definition) is 4. The molecular formula is C27H31N3O3. The smallest absolute Gasteiger partial charge is 0.243 e. The number of anilines is 3. The van der Waals surface area contributed by atoms with Gasteiger partial charge in [-0.1, -0.05) is 43.3 Å². The van der Waals surface area contributed by atoms with Gasteiger partial charge in [-0.25, -0.2) is 0 Å². The van der Waals surface area contributed by atoms with Gasteiger partial charge in [0, 0.05) is 29.5 Å². The number of ether oxygens (including phenoxy) is 1. The van der Waals surface area contributed by atoms with Crippen molar-refractivity contribution in [2.75, 3.05) is 29.1 Å². The Bertz CT molecular complexity index is 1020. The number of carbonyl (C=O) groups is 2. The van der Waals surface area contributed by atoms with Crippen LogP contribution in [0.2, 0.25) is 0 Å². The van der Waals surface area contributed by atoms with Gasteiger partial charge in [0.25, 0.3) is 0 Å². The van der Waals surface area contributed by atoms with Crippen molar-refractivity contribution in [2.24, 2.45) is 0 Å². The van der Waals surface area contributed by atoms with E-state index in [0.717, 1.165) is 30.7 Å². The molecule has 0 heterocycles. The van der Waals surface area contributed by atoms with Crippen molar-refractivity contribution in [2.45, 2.75) is 32.6 Å². The van der Waals surface area contributed by atoms with E-state index in [4.69, 9.17) is 4.74 Å². The van der Waals surface area contributed by atoms with Crippen LogP contribution >= 0.6 is 0 Å². The van der Waals surface area contributed by atoms with Crippen molar-refractivity contribution in [3.63, 3.8) is 0 Å². The quantitative estimate of drug-likeness (QED) is 0.322. The van der Waals surface area contributed by atoms with Crippen molar-refractivity contribution in [3.05, 3.63) is 84.4 Å². The van der Waals surface area contributed by atoms with Crippen LogP contribution < -0.4 is 20.7 Å². The summed E-state index contributed by atoms with van der Waals surface area (Å²) in [5, 5.41) is 8.79. The van der Waals surface area contributed by atoms with Crippen molar-refractivity contribution >= 4 is 28.9 Å². The summed E-state index contributed by atoms with van der Waals surface area (Å²) in [6.45, 7) is 2.73. The minimum atomic E-state index is -0.160. The number of rotatable bonds is 12. The number of carbonyl (C=O) groups excluding carboxylic acids is 2. The number of aryl methyl sites for hydroxylation is 1. The molecule has 3 aromatic carbocycles. The lowest BCUT2D eigenvalue weighted by molar-refractivity contribution is -0.116. The summed E-state index contributed by atoms with van der Waals surface area (Å²) >= 11 is 0. The minimum absolute atomic E-state index is 0.0131. The van der Waals surface area contributed by atoms with Crippen LogP contribution in [0.15, 0.2) is 78.9 Å². The number of amides is 2. The van der Waals surface area contributed by atoms with Gasteiger partial charge in [-0.2, -0.15) is 0 Å². The first-order valence-corrected chi connectivity index (χ1v) is 11.3. The zero-order valence-corrected chi connectivity index (χ0v) is 19.0. The summed E-state index contributed by atoms with van der Waals surface area (Å²) in [5.74, 6) is 0.599. The molecule has 0 aliphatic heterocycles. The second-order valence-electron chi connectivity index (χ2n) is 7.74. The molecular weight excluding hydrogens is 414 g/mol. The molecule has 0 radical (unpaired) electrons. The van der Waals surface area contributed by atoms with Crippen LogP contribution in [-0.4, -0.2) is 25.0 Å². The fourth-order valence-electron chi connectivity index (χ4n) is 3.28. The van der Waals surface area contributed by atoms with Gasteiger partial charge in [0.2, 0.25) is 11.8 Å². The third-order valence-electron chi connectivity index (χ3n) is 4.94. The van der Waals surface area contributed by atoms with Gasteiger partial charge in [-0.05, 0) is 61.2 Å². The topological polar surface area (TPSA) is 79.5 Å². The van der Waals surface area contributed by atoms with Crippen LogP contribution in [0.4, 0.5) is 17.1 Å². The fraction of sp³-hybridized carbons (Fsp3) is 0.259. The number of hydrogen-bond donors (Lipinski definition) is 3. The lowest BCUT2D eigenvalue weighted by atomic mass is 10.1. The molecule has 172 valence electrons. The maximum absolute atomic E-state index is 12.3. The van der Waals surface area contributed by atoms with E-state index < -0.39 is 0 Å². The zero-order chi connectivity index (χ0) is 23.3. The molecule has 0 aliphatic carbocycles. The van der Waals surface area contributed by atoms with Crippen LogP contribution in [0, 0.1) is 0 Å². The summed E-state index contributed by atoms with van der Waals surface area (Å²) in [4.78, 5) is 23.9. The van der Waals surface area contributed by atoms with Gasteiger partial charge in [-0.3, -0.25) is 9.59 Å². The molecule has 0 spiro atoms. The maximum atomic E-state index is 12.3. The molecule has 0 aliphatic rings. The number of benzene rings is 3. The predicted octanol–water partition coefficient (Wildman–Crippen LogP) is 5.49. The summed E-state index contributed by atoms with van der Waals surface area (Å²) in [6, 6.07) is 25.0. The second kappa shape index (κ2) is 12.9. The molecule has 6 nitrogen and oxygen atoms in total. The van der Waals surface area contributed by atoms with Crippen LogP contribution in [0.1, 0.15) is 31.7 Å². The molecule has 2 amide bonds. The first-order chi connectivity index (χ1) is 16.1. The SMILES string of the molecule is CCCC(=O)Nc1ccc(NC(=O)CNc2cccc(OCCCc3ccccc3)c2)cc1. The van der Waals surface area contributed by atoms with E-state index in [0.29, 0.717) is 24.4 Å². The Kier molecular flexibility index (Phi) is 9.33. The summed E-state index contributed by atoms with van der Waals surface area (Å²) < 4.78 is 5.85. The lowest BCUT2D eigenvalue weighted by Crippen LogP contribution is -2.21. The van der Waals surface area contributed by atoms with E-state index in [1.807, 2.05) is 49.4 Å². The van der Waals surface area contributed by atoms with E-state index in [1.54, 1.807) is 24.3 Å². The average molecular weight is 446 g/mol. The Morgan fingerprint density at radius 2 is 1.48 bits per heavy atom. The van der Waals surface area contributed by atoms with Crippen molar-refractivity contribution in [1.29, 1.82) is 0 Å². The fourth-order valence-corrected chi connectivity index (χ4v) is 3.28. The summed E-state index contributed by atoms with van der Waals surface area (Å²) in [5.41, 5.74) is 3.51. The molecule has 0 saturated heterocycles.